The minimum absolute atomic E-state index is 0.0603. The monoisotopic (exact) mass is 353 g/mol. The summed E-state index contributed by atoms with van der Waals surface area (Å²) >= 11 is 6.20. The van der Waals surface area contributed by atoms with Crippen LogP contribution in [0.15, 0.2) is 12.1 Å². The van der Waals surface area contributed by atoms with Gasteiger partial charge in [0, 0.05) is 12.1 Å². The van der Waals surface area contributed by atoms with E-state index in [1.807, 2.05) is 0 Å². The van der Waals surface area contributed by atoms with Crippen LogP contribution < -0.4 is 9.47 Å². The molecular weight excluding hydrogens is 334 g/mol. The molecule has 0 spiro atoms. The van der Waals surface area contributed by atoms with Crippen molar-refractivity contribution in [3.05, 3.63) is 22.7 Å². The van der Waals surface area contributed by atoms with Crippen molar-refractivity contribution in [2.75, 3.05) is 32.9 Å². The molecule has 0 bridgehead atoms. The summed E-state index contributed by atoms with van der Waals surface area (Å²) in [6, 6.07) is 3.18. The van der Waals surface area contributed by atoms with Crippen LogP contribution >= 0.6 is 11.6 Å². The van der Waals surface area contributed by atoms with Gasteiger partial charge in [-0.2, -0.15) is 0 Å². The van der Waals surface area contributed by atoms with Gasteiger partial charge in [0.05, 0.1) is 11.6 Å². The van der Waals surface area contributed by atoms with E-state index in [2.05, 4.69) is 0 Å². The van der Waals surface area contributed by atoms with Crippen LogP contribution in [0.2, 0.25) is 5.02 Å². The van der Waals surface area contributed by atoms with E-state index in [1.54, 1.807) is 19.1 Å². The standard InChI is InChI=1S/C17H20ClNO5/c1-2-22-15(20)10-19(9-11-3-4-11)17(21)12-7-13(18)16-14(8-12)23-5-6-24-16/h7-8,11H,2-6,9-10H2,1H3. The molecular formula is C17H20ClNO5. The summed E-state index contributed by atoms with van der Waals surface area (Å²) in [6.07, 6.45) is 2.16. The van der Waals surface area contributed by atoms with Crippen molar-refractivity contribution in [3.8, 4) is 11.5 Å². The molecule has 0 saturated heterocycles. The van der Waals surface area contributed by atoms with Crippen LogP contribution in [-0.4, -0.2) is 49.7 Å². The number of rotatable bonds is 6. The van der Waals surface area contributed by atoms with Crippen molar-refractivity contribution in [1.29, 1.82) is 0 Å². The number of ether oxygens (including phenoxy) is 3. The van der Waals surface area contributed by atoms with E-state index in [0.29, 0.717) is 54.4 Å². The van der Waals surface area contributed by atoms with Crippen LogP contribution in [0.3, 0.4) is 0 Å². The van der Waals surface area contributed by atoms with E-state index < -0.39 is 5.97 Å². The van der Waals surface area contributed by atoms with Gasteiger partial charge in [-0.1, -0.05) is 11.6 Å². The number of hydrogen-bond donors (Lipinski definition) is 0. The first-order valence-electron chi connectivity index (χ1n) is 8.12. The van der Waals surface area contributed by atoms with E-state index in [9.17, 15) is 9.59 Å². The average Bonchev–Trinajstić information content (AvgIpc) is 3.38. The number of nitrogens with zero attached hydrogens (tertiary/aromatic N) is 1. The fourth-order valence-corrected chi connectivity index (χ4v) is 2.88. The number of hydrogen-bond acceptors (Lipinski definition) is 5. The molecule has 24 heavy (non-hydrogen) atoms. The Morgan fingerprint density at radius 1 is 1.29 bits per heavy atom. The minimum Gasteiger partial charge on any atom is -0.486 e. The van der Waals surface area contributed by atoms with Gasteiger partial charge in [-0.25, -0.2) is 0 Å². The van der Waals surface area contributed by atoms with Crippen molar-refractivity contribution in [3.63, 3.8) is 0 Å². The zero-order chi connectivity index (χ0) is 17.1. The van der Waals surface area contributed by atoms with Crippen LogP contribution in [0.4, 0.5) is 0 Å². The van der Waals surface area contributed by atoms with Gasteiger partial charge in [-0.15, -0.1) is 0 Å². The summed E-state index contributed by atoms with van der Waals surface area (Å²) < 4.78 is 16.0. The second-order valence-corrected chi connectivity index (χ2v) is 6.32. The highest BCUT2D eigenvalue weighted by molar-refractivity contribution is 6.32. The number of benzene rings is 1. The van der Waals surface area contributed by atoms with Gasteiger partial charge in [0.1, 0.15) is 19.8 Å². The van der Waals surface area contributed by atoms with E-state index in [0.717, 1.165) is 12.8 Å². The molecule has 6 nitrogen and oxygen atoms in total. The van der Waals surface area contributed by atoms with Crippen molar-refractivity contribution < 1.29 is 23.8 Å². The number of esters is 1. The van der Waals surface area contributed by atoms with Gasteiger partial charge in [0.2, 0.25) is 0 Å². The molecule has 0 radical (unpaired) electrons. The first-order valence-corrected chi connectivity index (χ1v) is 8.50. The van der Waals surface area contributed by atoms with Gasteiger partial charge < -0.3 is 19.1 Å². The largest absolute Gasteiger partial charge is 0.486 e. The average molecular weight is 354 g/mol. The molecule has 0 N–H and O–H groups in total. The fraction of sp³-hybridized carbons (Fsp3) is 0.529. The molecule has 1 fully saturated rings. The van der Waals surface area contributed by atoms with Crippen LogP contribution in [0.5, 0.6) is 11.5 Å². The van der Waals surface area contributed by atoms with Crippen molar-refractivity contribution in [2.45, 2.75) is 19.8 Å². The quantitative estimate of drug-likeness (QED) is 0.735. The minimum atomic E-state index is -0.407. The van der Waals surface area contributed by atoms with E-state index in [1.165, 1.54) is 4.90 Å². The molecule has 1 aromatic rings. The fourth-order valence-electron chi connectivity index (χ4n) is 2.61. The molecule has 3 rings (SSSR count). The zero-order valence-corrected chi connectivity index (χ0v) is 14.3. The Labute approximate surface area is 145 Å². The third-order valence-corrected chi connectivity index (χ3v) is 4.21. The molecule has 1 amide bonds. The smallest absolute Gasteiger partial charge is 0.325 e. The van der Waals surface area contributed by atoms with Gasteiger partial charge in [-0.3, -0.25) is 9.59 Å². The summed E-state index contributed by atoms with van der Waals surface area (Å²) in [4.78, 5) is 26.2. The highest BCUT2D eigenvalue weighted by atomic mass is 35.5. The molecule has 2 aliphatic rings. The maximum atomic E-state index is 12.8. The number of carbonyl (C=O) groups excluding carboxylic acids is 2. The summed E-state index contributed by atoms with van der Waals surface area (Å²) in [5.41, 5.74) is 0.384. The molecule has 1 aromatic carbocycles. The molecule has 1 saturated carbocycles. The topological polar surface area (TPSA) is 65.1 Å². The van der Waals surface area contributed by atoms with Crippen LogP contribution in [0, 0.1) is 5.92 Å². The summed E-state index contributed by atoms with van der Waals surface area (Å²) in [7, 11) is 0. The lowest BCUT2D eigenvalue weighted by atomic mass is 10.1. The van der Waals surface area contributed by atoms with Gasteiger partial charge in [0.15, 0.2) is 11.5 Å². The van der Waals surface area contributed by atoms with Crippen LogP contribution in [-0.2, 0) is 9.53 Å². The van der Waals surface area contributed by atoms with Crippen molar-refractivity contribution >= 4 is 23.5 Å². The SMILES string of the molecule is CCOC(=O)CN(CC1CC1)C(=O)c1cc(Cl)c2c(c1)OCCO2. The summed E-state index contributed by atoms with van der Waals surface area (Å²) in [5, 5.41) is 0.332. The lowest BCUT2D eigenvalue weighted by Crippen LogP contribution is -2.38. The molecule has 0 unspecified atom stereocenters. The van der Waals surface area contributed by atoms with E-state index in [-0.39, 0.29) is 12.5 Å². The summed E-state index contributed by atoms with van der Waals surface area (Å²) in [6.45, 7) is 3.36. The highest BCUT2D eigenvalue weighted by Gasteiger charge is 2.30. The Morgan fingerprint density at radius 2 is 2.04 bits per heavy atom. The summed E-state index contributed by atoms with van der Waals surface area (Å²) in [5.74, 6) is 0.707. The zero-order valence-electron chi connectivity index (χ0n) is 13.5. The number of carbonyl (C=O) groups is 2. The van der Waals surface area contributed by atoms with Crippen molar-refractivity contribution in [1.82, 2.24) is 4.90 Å². The lowest BCUT2D eigenvalue weighted by molar-refractivity contribution is -0.143. The van der Waals surface area contributed by atoms with E-state index >= 15 is 0 Å². The first-order chi connectivity index (χ1) is 11.6. The number of amides is 1. The van der Waals surface area contributed by atoms with Gasteiger partial charge in [0.25, 0.3) is 5.91 Å². The number of halogens is 1. The van der Waals surface area contributed by atoms with Crippen LogP contribution in [0.1, 0.15) is 30.1 Å². The van der Waals surface area contributed by atoms with E-state index in [4.69, 9.17) is 25.8 Å². The first kappa shape index (κ1) is 16.9. The molecule has 7 heteroatoms. The number of fused-ring (bicyclic) bond motifs is 1. The van der Waals surface area contributed by atoms with Crippen molar-refractivity contribution in [2.24, 2.45) is 5.92 Å². The Kier molecular flexibility index (Phi) is 5.14. The van der Waals surface area contributed by atoms with Gasteiger partial charge in [-0.05, 0) is 37.8 Å². The third kappa shape index (κ3) is 3.93. The third-order valence-electron chi connectivity index (χ3n) is 3.93. The Balaban J connectivity index is 1.80. The molecule has 1 heterocycles. The Morgan fingerprint density at radius 3 is 2.75 bits per heavy atom. The molecule has 1 aliphatic carbocycles. The van der Waals surface area contributed by atoms with Gasteiger partial charge >= 0.3 is 5.97 Å². The Bertz CT molecular complexity index is 644. The molecule has 130 valence electrons. The second-order valence-electron chi connectivity index (χ2n) is 5.92. The molecule has 0 aromatic heterocycles. The maximum Gasteiger partial charge on any atom is 0.325 e. The normalized spacial score (nSPS) is 15.8. The maximum absolute atomic E-state index is 12.8. The predicted octanol–water partition coefficient (Wildman–Crippen LogP) is 2.53. The predicted molar refractivity (Wildman–Crippen MR) is 87.7 cm³/mol. The molecule has 1 aliphatic heterocycles. The molecule has 0 atom stereocenters. The lowest BCUT2D eigenvalue weighted by Gasteiger charge is -2.24. The second kappa shape index (κ2) is 7.30. The highest BCUT2D eigenvalue weighted by Crippen LogP contribution is 2.39. The van der Waals surface area contributed by atoms with Crippen LogP contribution in [0.25, 0.3) is 0 Å². The Hall–Kier alpha value is -1.95.